The minimum atomic E-state index is -3.66. The maximum absolute atomic E-state index is 12.7. The Kier molecular flexibility index (Phi) is 4.93. The fourth-order valence-corrected chi connectivity index (χ4v) is 3.98. The smallest absolute Gasteiger partial charge is 0.261 e. The molecule has 3 nitrogen and oxygen atoms in total. The van der Waals surface area contributed by atoms with Crippen LogP contribution in [0, 0.1) is 25.7 Å². The van der Waals surface area contributed by atoms with Crippen molar-refractivity contribution in [2.24, 2.45) is 0 Å². The summed E-state index contributed by atoms with van der Waals surface area (Å²) in [5, 5.41) is 1.96. The zero-order valence-electron chi connectivity index (χ0n) is 13.9. The minimum Gasteiger partial charge on any atom is -0.278 e. The van der Waals surface area contributed by atoms with Crippen molar-refractivity contribution in [1.29, 1.82) is 0 Å². The van der Waals surface area contributed by atoms with Crippen LogP contribution < -0.4 is 4.72 Å². The molecule has 0 saturated heterocycles. The molecule has 5 heteroatoms. The number of nitrogens with one attached hydrogen (secondary N) is 1. The maximum atomic E-state index is 12.7. The Balaban J connectivity index is 1.93. The van der Waals surface area contributed by atoms with Gasteiger partial charge < -0.3 is 0 Å². The lowest BCUT2D eigenvalue weighted by Crippen LogP contribution is -2.14. The van der Waals surface area contributed by atoms with Gasteiger partial charge in [0.05, 0.1) is 15.5 Å². The summed E-state index contributed by atoms with van der Waals surface area (Å²) >= 11 is 1.55. The van der Waals surface area contributed by atoms with Crippen LogP contribution in [0.15, 0.2) is 64.9 Å². The number of sulfonamides is 1. The van der Waals surface area contributed by atoms with E-state index in [0.29, 0.717) is 11.3 Å². The molecule has 126 valence electrons. The first-order valence-corrected chi connectivity index (χ1v) is 10.1. The summed E-state index contributed by atoms with van der Waals surface area (Å²) in [6.45, 7) is 3.85. The molecule has 0 amide bonds. The number of benzene rings is 2. The Hall–Kier alpha value is -2.55. The molecule has 0 bridgehead atoms. The molecule has 1 N–H and O–H groups in total. The third kappa shape index (κ3) is 4.11. The molecule has 3 rings (SSSR count). The minimum absolute atomic E-state index is 0.247. The summed E-state index contributed by atoms with van der Waals surface area (Å²) in [4.78, 5) is 1.18. The number of para-hydroxylation sites is 1. The first-order chi connectivity index (χ1) is 12.0. The highest BCUT2D eigenvalue weighted by Gasteiger charge is 2.16. The number of rotatable bonds is 3. The standard InChI is InChI=1S/C20H17NO2S2/c1-15-9-12-19(14-16(15)2)25(22,23)21-20-8-4-3-6-17(20)10-11-18-7-5-13-24-18/h3-9,12-14,21H,1-2H3. The Morgan fingerprint density at radius 3 is 2.44 bits per heavy atom. The summed E-state index contributed by atoms with van der Waals surface area (Å²) in [5.74, 6) is 6.10. The normalized spacial score (nSPS) is 10.8. The molecule has 25 heavy (non-hydrogen) atoms. The molecule has 1 aromatic heterocycles. The van der Waals surface area contributed by atoms with Crippen LogP contribution in [-0.4, -0.2) is 8.42 Å². The summed E-state index contributed by atoms with van der Waals surface area (Å²) in [6, 6.07) is 16.1. The van der Waals surface area contributed by atoms with Gasteiger partial charge in [-0.2, -0.15) is 0 Å². The molecule has 3 aromatic rings. The molecule has 2 aromatic carbocycles. The number of thiophene rings is 1. The van der Waals surface area contributed by atoms with E-state index in [1.54, 1.807) is 41.7 Å². The second-order valence-corrected chi connectivity index (χ2v) is 8.25. The van der Waals surface area contributed by atoms with Crippen LogP contribution in [0.25, 0.3) is 0 Å². The van der Waals surface area contributed by atoms with E-state index < -0.39 is 10.0 Å². The van der Waals surface area contributed by atoms with Crippen LogP contribution in [0.2, 0.25) is 0 Å². The van der Waals surface area contributed by atoms with Crippen molar-refractivity contribution < 1.29 is 8.42 Å². The predicted molar refractivity (Wildman–Crippen MR) is 103 cm³/mol. The van der Waals surface area contributed by atoms with Gasteiger partial charge in [-0.1, -0.05) is 36.1 Å². The monoisotopic (exact) mass is 367 g/mol. The van der Waals surface area contributed by atoms with E-state index >= 15 is 0 Å². The lowest BCUT2D eigenvalue weighted by molar-refractivity contribution is 0.601. The molecule has 0 radical (unpaired) electrons. The molecular weight excluding hydrogens is 350 g/mol. The van der Waals surface area contributed by atoms with E-state index in [9.17, 15) is 8.42 Å². The number of aryl methyl sites for hydroxylation is 2. The highest BCUT2D eigenvalue weighted by molar-refractivity contribution is 7.92. The van der Waals surface area contributed by atoms with E-state index in [0.717, 1.165) is 16.0 Å². The molecule has 0 atom stereocenters. The molecule has 0 fully saturated rings. The second-order valence-electron chi connectivity index (χ2n) is 5.62. The first-order valence-electron chi connectivity index (χ1n) is 7.70. The van der Waals surface area contributed by atoms with Gasteiger partial charge in [-0.05, 0) is 60.7 Å². The molecule has 0 aliphatic carbocycles. The fraction of sp³-hybridized carbons (Fsp3) is 0.100. The largest absolute Gasteiger partial charge is 0.278 e. The first kappa shape index (κ1) is 17.3. The van der Waals surface area contributed by atoms with Crippen molar-refractivity contribution in [3.8, 4) is 11.8 Å². The van der Waals surface area contributed by atoms with Crippen molar-refractivity contribution in [3.63, 3.8) is 0 Å². The maximum Gasteiger partial charge on any atom is 0.261 e. The van der Waals surface area contributed by atoms with Crippen molar-refractivity contribution in [2.45, 2.75) is 18.7 Å². The third-order valence-corrected chi connectivity index (χ3v) is 5.95. The van der Waals surface area contributed by atoms with E-state index in [1.807, 2.05) is 43.5 Å². The van der Waals surface area contributed by atoms with E-state index in [1.165, 1.54) is 0 Å². The summed E-state index contributed by atoms with van der Waals surface area (Å²) in [6.07, 6.45) is 0. The molecule has 0 unspecified atom stereocenters. The summed E-state index contributed by atoms with van der Waals surface area (Å²) in [5.41, 5.74) is 3.11. The third-order valence-electron chi connectivity index (χ3n) is 3.80. The zero-order chi connectivity index (χ0) is 17.9. The lowest BCUT2D eigenvalue weighted by atomic mass is 10.1. The quantitative estimate of drug-likeness (QED) is 0.690. The van der Waals surface area contributed by atoms with Gasteiger partial charge in [-0.25, -0.2) is 8.42 Å². The predicted octanol–water partition coefficient (Wildman–Crippen LogP) is 4.57. The molecular formula is C20H17NO2S2. The van der Waals surface area contributed by atoms with Crippen molar-refractivity contribution in [3.05, 3.63) is 81.5 Å². The molecule has 0 spiro atoms. The van der Waals surface area contributed by atoms with Crippen LogP contribution in [0.3, 0.4) is 0 Å². The molecule has 0 saturated carbocycles. The van der Waals surface area contributed by atoms with Crippen molar-refractivity contribution >= 4 is 27.0 Å². The van der Waals surface area contributed by atoms with Crippen LogP contribution in [0.4, 0.5) is 5.69 Å². The van der Waals surface area contributed by atoms with Crippen molar-refractivity contribution in [1.82, 2.24) is 0 Å². The average molecular weight is 367 g/mol. The van der Waals surface area contributed by atoms with Gasteiger partial charge in [0.1, 0.15) is 0 Å². The summed E-state index contributed by atoms with van der Waals surface area (Å²) < 4.78 is 28.0. The van der Waals surface area contributed by atoms with Gasteiger partial charge in [0, 0.05) is 5.56 Å². The molecule has 0 aliphatic rings. The topological polar surface area (TPSA) is 46.2 Å². The van der Waals surface area contributed by atoms with Crippen LogP contribution >= 0.6 is 11.3 Å². The van der Waals surface area contributed by atoms with Gasteiger partial charge in [0.25, 0.3) is 10.0 Å². The van der Waals surface area contributed by atoms with E-state index in [2.05, 4.69) is 16.6 Å². The summed E-state index contributed by atoms with van der Waals surface area (Å²) in [7, 11) is -3.66. The van der Waals surface area contributed by atoms with E-state index in [-0.39, 0.29) is 4.90 Å². The highest BCUT2D eigenvalue weighted by atomic mass is 32.2. The molecule has 1 heterocycles. The van der Waals surface area contributed by atoms with Gasteiger partial charge in [0.15, 0.2) is 0 Å². The second kappa shape index (κ2) is 7.14. The van der Waals surface area contributed by atoms with E-state index in [4.69, 9.17) is 0 Å². The van der Waals surface area contributed by atoms with Gasteiger partial charge in [-0.3, -0.25) is 4.72 Å². The van der Waals surface area contributed by atoms with Crippen LogP contribution in [-0.2, 0) is 10.0 Å². The molecule has 0 aliphatic heterocycles. The number of anilines is 1. The Labute approximate surface area is 152 Å². The van der Waals surface area contributed by atoms with Gasteiger partial charge in [0.2, 0.25) is 0 Å². The zero-order valence-corrected chi connectivity index (χ0v) is 15.5. The lowest BCUT2D eigenvalue weighted by Gasteiger charge is -2.11. The Bertz CT molecular complexity index is 1060. The van der Waals surface area contributed by atoms with Crippen LogP contribution in [0.5, 0.6) is 0 Å². The SMILES string of the molecule is Cc1ccc(S(=O)(=O)Nc2ccccc2C#Cc2cccs2)cc1C. The number of hydrogen-bond acceptors (Lipinski definition) is 3. The fourth-order valence-electron chi connectivity index (χ4n) is 2.24. The highest BCUT2D eigenvalue weighted by Crippen LogP contribution is 2.21. The Morgan fingerprint density at radius 1 is 0.920 bits per heavy atom. The van der Waals surface area contributed by atoms with Crippen molar-refractivity contribution in [2.75, 3.05) is 4.72 Å². The Morgan fingerprint density at radius 2 is 1.72 bits per heavy atom. The van der Waals surface area contributed by atoms with Gasteiger partial charge >= 0.3 is 0 Å². The van der Waals surface area contributed by atoms with Crippen LogP contribution in [0.1, 0.15) is 21.6 Å². The van der Waals surface area contributed by atoms with Gasteiger partial charge in [-0.15, -0.1) is 11.3 Å². The number of hydrogen-bond donors (Lipinski definition) is 1. The average Bonchev–Trinajstić information content (AvgIpc) is 3.09.